The number of rotatable bonds is 3. The summed E-state index contributed by atoms with van der Waals surface area (Å²) in [7, 11) is 3.15. The van der Waals surface area contributed by atoms with E-state index in [2.05, 4.69) is 0 Å². The predicted octanol–water partition coefficient (Wildman–Crippen LogP) is 2.94. The summed E-state index contributed by atoms with van der Waals surface area (Å²) < 4.78 is 36.6. The summed E-state index contributed by atoms with van der Waals surface area (Å²) in [6, 6.07) is 5.42. The number of halogens is 2. The lowest BCUT2D eigenvalue weighted by molar-refractivity contribution is -0.0221. The largest absolute Gasteiger partial charge is 0.497 e. The van der Waals surface area contributed by atoms with Crippen LogP contribution in [-0.4, -0.2) is 33.2 Å². The quantitative estimate of drug-likeness (QED) is 0.831. The standard InChI is InChI=1S/C13H17F2NO2/c1-17-10-3-4-11(12(9-10)18-2)16-7-5-13(14,15)6-8-16/h3-4,9H,5-8H2,1-2H3. The summed E-state index contributed by atoms with van der Waals surface area (Å²) >= 11 is 0. The van der Waals surface area contributed by atoms with Crippen LogP contribution in [0.1, 0.15) is 12.8 Å². The van der Waals surface area contributed by atoms with Crippen LogP contribution in [0.15, 0.2) is 18.2 Å². The molecule has 1 aliphatic heterocycles. The van der Waals surface area contributed by atoms with Crippen LogP contribution in [0, 0.1) is 0 Å². The van der Waals surface area contributed by atoms with Crippen molar-refractivity contribution in [1.82, 2.24) is 0 Å². The Morgan fingerprint density at radius 1 is 1.11 bits per heavy atom. The van der Waals surface area contributed by atoms with Gasteiger partial charge in [0.05, 0.1) is 19.9 Å². The molecule has 1 saturated heterocycles. The highest BCUT2D eigenvalue weighted by Gasteiger charge is 2.34. The van der Waals surface area contributed by atoms with Crippen molar-refractivity contribution in [1.29, 1.82) is 0 Å². The number of methoxy groups -OCH3 is 2. The Balaban J connectivity index is 2.18. The zero-order chi connectivity index (χ0) is 13.2. The highest BCUT2D eigenvalue weighted by Crippen LogP contribution is 2.36. The van der Waals surface area contributed by atoms with Gasteiger partial charge in [0, 0.05) is 32.0 Å². The van der Waals surface area contributed by atoms with Crippen molar-refractivity contribution in [2.45, 2.75) is 18.8 Å². The molecule has 1 fully saturated rings. The van der Waals surface area contributed by atoms with E-state index in [0.29, 0.717) is 24.6 Å². The summed E-state index contributed by atoms with van der Waals surface area (Å²) in [5.74, 6) is -1.19. The molecule has 100 valence electrons. The van der Waals surface area contributed by atoms with Gasteiger partial charge in [-0.1, -0.05) is 0 Å². The number of hydrogen-bond donors (Lipinski definition) is 0. The van der Waals surface area contributed by atoms with Crippen LogP contribution in [0.5, 0.6) is 11.5 Å². The first-order valence-corrected chi connectivity index (χ1v) is 5.90. The smallest absolute Gasteiger partial charge is 0.251 e. The van der Waals surface area contributed by atoms with Crippen molar-refractivity contribution < 1.29 is 18.3 Å². The number of piperidine rings is 1. The topological polar surface area (TPSA) is 21.7 Å². The van der Waals surface area contributed by atoms with Gasteiger partial charge in [-0.3, -0.25) is 0 Å². The molecule has 0 unspecified atom stereocenters. The van der Waals surface area contributed by atoms with E-state index < -0.39 is 5.92 Å². The minimum Gasteiger partial charge on any atom is -0.497 e. The molecule has 0 spiro atoms. The molecule has 1 heterocycles. The third-order valence-electron chi connectivity index (χ3n) is 3.22. The molecule has 3 nitrogen and oxygen atoms in total. The van der Waals surface area contributed by atoms with Crippen LogP contribution < -0.4 is 14.4 Å². The van der Waals surface area contributed by atoms with Crippen LogP contribution in [0.25, 0.3) is 0 Å². The minimum absolute atomic E-state index is 0.109. The highest BCUT2D eigenvalue weighted by molar-refractivity contribution is 5.61. The molecule has 0 aromatic heterocycles. The summed E-state index contributed by atoms with van der Waals surface area (Å²) in [6.07, 6.45) is -0.218. The Morgan fingerprint density at radius 3 is 2.33 bits per heavy atom. The zero-order valence-corrected chi connectivity index (χ0v) is 10.6. The number of nitrogens with zero attached hydrogens (tertiary/aromatic N) is 1. The first-order valence-electron chi connectivity index (χ1n) is 5.90. The Kier molecular flexibility index (Phi) is 3.59. The van der Waals surface area contributed by atoms with Gasteiger partial charge in [-0.15, -0.1) is 0 Å². The predicted molar refractivity (Wildman–Crippen MR) is 65.9 cm³/mol. The number of ether oxygens (including phenoxy) is 2. The van der Waals surface area contributed by atoms with Crippen LogP contribution in [0.4, 0.5) is 14.5 Å². The number of benzene rings is 1. The Morgan fingerprint density at radius 2 is 1.78 bits per heavy atom. The summed E-state index contributed by atoms with van der Waals surface area (Å²) in [6.45, 7) is 0.686. The van der Waals surface area contributed by atoms with E-state index in [0.717, 1.165) is 5.69 Å². The second-order valence-corrected chi connectivity index (χ2v) is 4.38. The average molecular weight is 257 g/mol. The molecule has 18 heavy (non-hydrogen) atoms. The van der Waals surface area contributed by atoms with Gasteiger partial charge < -0.3 is 14.4 Å². The fourth-order valence-corrected chi connectivity index (χ4v) is 2.12. The minimum atomic E-state index is -2.53. The SMILES string of the molecule is COc1ccc(N2CCC(F)(F)CC2)c(OC)c1. The molecule has 0 saturated carbocycles. The maximum Gasteiger partial charge on any atom is 0.251 e. The molecule has 5 heteroatoms. The summed E-state index contributed by atoms with van der Waals surface area (Å²) in [5.41, 5.74) is 0.841. The second kappa shape index (κ2) is 5.00. The van der Waals surface area contributed by atoms with Crippen molar-refractivity contribution in [3.63, 3.8) is 0 Å². The van der Waals surface area contributed by atoms with Crippen LogP contribution in [0.2, 0.25) is 0 Å². The maximum absolute atomic E-state index is 13.1. The van der Waals surface area contributed by atoms with Gasteiger partial charge in [0.15, 0.2) is 0 Å². The lowest BCUT2D eigenvalue weighted by Gasteiger charge is -2.34. The molecule has 1 aliphatic rings. The normalized spacial score (nSPS) is 18.6. The van der Waals surface area contributed by atoms with E-state index in [9.17, 15) is 8.78 Å². The van der Waals surface area contributed by atoms with Crippen LogP contribution in [-0.2, 0) is 0 Å². The van der Waals surface area contributed by atoms with Crippen molar-refractivity contribution in [2.75, 3.05) is 32.2 Å². The van der Waals surface area contributed by atoms with Crippen LogP contribution >= 0.6 is 0 Å². The van der Waals surface area contributed by atoms with Crippen molar-refractivity contribution in [3.8, 4) is 11.5 Å². The lowest BCUT2D eigenvalue weighted by atomic mass is 10.1. The first kappa shape index (κ1) is 12.9. The van der Waals surface area contributed by atoms with Crippen molar-refractivity contribution in [2.24, 2.45) is 0 Å². The second-order valence-electron chi connectivity index (χ2n) is 4.38. The van der Waals surface area contributed by atoms with Gasteiger partial charge in [0.2, 0.25) is 0 Å². The van der Waals surface area contributed by atoms with E-state index >= 15 is 0 Å². The molecule has 2 rings (SSSR count). The molecule has 0 bridgehead atoms. The summed E-state index contributed by atoms with van der Waals surface area (Å²) in [4.78, 5) is 1.93. The van der Waals surface area contributed by atoms with E-state index in [-0.39, 0.29) is 12.8 Å². The van der Waals surface area contributed by atoms with E-state index in [1.54, 1.807) is 20.3 Å². The van der Waals surface area contributed by atoms with E-state index in [4.69, 9.17) is 9.47 Å². The Labute approximate surface area is 105 Å². The molecule has 0 aliphatic carbocycles. The van der Waals surface area contributed by atoms with Gasteiger partial charge in [-0.2, -0.15) is 0 Å². The number of alkyl halides is 2. The number of hydrogen-bond acceptors (Lipinski definition) is 3. The monoisotopic (exact) mass is 257 g/mol. The average Bonchev–Trinajstić information content (AvgIpc) is 2.38. The fraction of sp³-hybridized carbons (Fsp3) is 0.538. The molecule has 1 aromatic rings. The highest BCUT2D eigenvalue weighted by atomic mass is 19.3. The molecule has 0 N–H and O–H groups in total. The van der Waals surface area contributed by atoms with E-state index in [1.807, 2.05) is 17.0 Å². The zero-order valence-electron chi connectivity index (χ0n) is 10.6. The van der Waals surface area contributed by atoms with Gasteiger partial charge in [0.1, 0.15) is 11.5 Å². The molecule has 0 amide bonds. The van der Waals surface area contributed by atoms with Crippen molar-refractivity contribution >= 4 is 5.69 Å². The van der Waals surface area contributed by atoms with Crippen molar-refractivity contribution in [3.05, 3.63) is 18.2 Å². The Bertz CT molecular complexity index is 413. The van der Waals surface area contributed by atoms with Gasteiger partial charge in [-0.25, -0.2) is 8.78 Å². The third-order valence-corrected chi connectivity index (χ3v) is 3.22. The molecular weight excluding hydrogens is 240 g/mol. The first-order chi connectivity index (χ1) is 8.55. The summed E-state index contributed by atoms with van der Waals surface area (Å²) in [5, 5.41) is 0. The van der Waals surface area contributed by atoms with Gasteiger partial charge in [-0.05, 0) is 12.1 Å². The lowest BCUT2D eigenvalue weighted by Crippen LogP contribution is -2.39. The van der Waals surface area contributed by atoms with Crippen LogP contribution in [0.3, 0.4) is 0 Å². The van der Waals surface area contributed by atoms with Gasteiger partial charge in [0.25, 0.3) is 5.92 Å². The fourth-order valence-electron chi connectivity index (χ4n) is 2.12. The van der Waals surface area contributed by atoms with Gasteiger partial charge >= 0.3 is 0 Å². The maximum atomic E-state index is 13.1. The third kappa shape index (κ3) is 2.66. The number of anilines is 1. The molecule has 1 aromatic carbocycles. The van der Waals surface area contributed by atoms with E-state index in [1.165, 1.54) is 0 Å². The Hall–Kier alpha value is -1.52. The molecule has 0 atom stereocenters. The molecular formula is C13H17F2NO2. The molecule has 0 radical (unpaired) electrons.